The molecule has 1 atom stereocenters. The number of carbonyl (C=O) groups excluding carboxylic acids is 1. The summed E-state index contributed by atoms with van der Waals surface area (Å²) >= 11 is 0. The first kappa shape index (κ1) is 21.4. The lowest BCUT2D eigenvalue weighted by Gasteiger charge is -2.28. The third-order valence-corrected chi connectivity index (χ3v) is 5.97. The van der Waals surface area contributed by atoms with Crippen molar-refractivity contribution in [2.24, 2.45) is 0 Å². The lowest BCUT2D eigenvalue weighted by Crippen LogP contribution is -2.42. The molecule has 1 aliphatic heterocycles. The Labute approximate surface area is 183 Å². The molecule has 9 heteroatoms. The fourth-order valence-electron chi connectivity index (χ4n) is 4.27. The molecule has 31 heavy (non-hydrogen) atoms. The van der Waals surface area contributed by atoms with Crippen molar-refractivity contribution in [3.8, 4) is 0 Å². The number of aromatic amines is 1. The van der Waals surface area contributed by atoms with E-state index in [1.165, 1.54) is 31.4 Å². The summed E-state index contributed by atoms with van der Waals surface area (Å²) in [5, 5.41) is 10.9. The quantitative estimate of drug-likeness (QED) is 0.743. The number of H-pyrrole nitrogens is 1. The standard InChI is InChI=1S/C22H33N7O2/c1-22(2,3)31-21(30)28(4)16-10-12-29(14-16)20-23-11-9-18(25-20)24-19-13-17(26-27-19)15-7-5-6-8-15/h9,11,13,15-16H,5-8,10,12,14H2,1-4H3,(H2,23,24,25,26,27)/t16-/m0/s1. The largest absolute Gasteiger partial charge is 0.444 e. The smallest absolute Gasteiger partial charge is 0.410 e. The van der Waals surface area contributed by atoms with Crippen molar-refractivity contribution in [2.75, 3.05) is 30.4 Å². The van der Waals surface area contributed by atoms with Gasteiger partial charge in [-0.05, 0) is 46.1 Å². The Morgan fingerprint density at radius 2 is 2.03 bits per heavy atom. The Bertz CT molecular complexity index is 901. The van der Waals surface area contributed by atoms with Gasteiger partial charge in [-0.15, -0.1) is 0 Å². The van der Waals surface area contributed by atoms with E-state index in [1.807, 2.05) is 26.8 Å². The molecule has 0 spiro atoms. The van der Waals surface area contributed by atoms with Crippen molar-refractivity contribution in [1.82, 2.24) is 25.1 Å². The second kappa shape index (κ2) is 8.72. The Morgan fingerprint density at radius 1 is 1.26 bits per heavy atom. The second-order valence-corrected chi connectivity index (χ2v) is 9.54. The molecule has 168 valence electrons. The predicted molar refractivity (Wildman–Crippen MR) is 120 cm³/mol. The number of hydrogen-bond acceptors (Lipinski definition) is 7. The van der Waals surface area contributed by atoms with Crippen LogP contribution in [0.15, 0.2) is 18.3 Å². The highest BCUT2D eigenvalue weighted by atomic mass is 16.6. The van der Waals surface area contributed by atoms with E-state index in [4.69, 9.17) is 4.74 Å². The van der Waals surface area contributed by atoms with Gasteiger partial charge in [0.25, 0.3) is 0 Å². The van der Waals surface area contributed by atoms with Gasteiger partial charge < -0.3 is 19.9 Å². The molecular weight excluding hydrogens is 394 g/mol. The first-order valence-electron chi connectivity index (χ1n) is 11.1. The normalized spacial score (nSPS) is 19.6. The minimum Gasteiger partial charge on any atom is -0.444 e. The summed E-state index contributed by atoms with van der Waals surface area (Å²) in [5.41, 5.74) is 0.693. The molecule has 2 aromatic heterocycles. The number of amides is 1. The molecule has 2 N–H and O–H groups in total. The molecule has 2 aliphatic rings. The fraction of sp³-hybridized carbons (Fsp3) is 0.636. The Morgan fingerprint density at radius 3 is 2.77 bits per heavy atom. The zero-order chi connectivity index (χ0) is 22.0. The molecule has 2 fully saturated rings. The molecule has 0 aromatic carbocycles. The van der Waals surface area contributed by atoms with E-state index in [9.17, 15) is 4.79 Å². The second-order valence-electron chi connectivity index (χ2n) is 9.54. The van der Waals surface area contributed by atoms with Crippen LogP contribution in [0.4, 0.5) is 22.4 Å². The van der Waals surface area contributed by atoms with Crippen molar-refractivity contribution in [3.05, 3.63) is 24.0 Å². The average Bonchev–Trinajstić information content (AvgIpc) is 3.47. The number of likely N-dealkylation sites (N-methyl/N-ethyl adjacent to an activating group) is 1. The SMILES string of the molecule is CN(C(=O)OC(C)(C)C)[C@H]1CCN(c2nccc(Nc3cc(C4CCCC4)[nH]n3)n2)C1. The molecule has 0 radical (unpaired) electrons. The first-order valence-corrected chi connectivity index (χ1v) is 11.1. The Balaban J connectivity index is 1.37. The fourth-order valence-corrected chi connectivity index (χ4v) is 4.27. The van der Waals surface area contributed by atoms with Crippen LogP contribution in [0.2, 0.25) is 0 Å². The van der Waals surface area contributed by atoms with Crippen LogP contribution in [0.1, 0.15) is 64.5 Å². The zero-order valence-corrected chi connectivity index (χ0v) is 18.9. The van der Waals surface area contributed by atoms with E-state index in [0.717, 1.165) is 18.8 Å². The number of nitrogens with one attached hydrogen (secondary N) is 2. The van der Waals surface area contributed by atoms with E-state index < -0.39 is 5.60 Å². The van der Waals surface area contributed by atoms with E-state index in [-0.39, 0.29) is 12.1 Å². The third-order valence-electron chi connectivity index (χ3n) is 5.97. The van der Waals surface area contributed by atoms with Gasteiger partial charge in [0, 0.05) is 44.0 Å². The minimum absolute atomic E-state index is 0.0652. The van der Waals surface area contributed by atoms with Crippen LogP contribution in [-0.2, 0) is 4.74 Å². The number of anilines is 3. The first-order chi connectivity index (χ1) is 14.8. The molecule has 0 bridgehead atoms. The summed E-state index contributed by atoms with van der Waals surface area (Å²) in [6.45, 7) is 7.09. The zero-order valence-electron chi connectivity index (χ0n) is 18.9. The van der Waals surface area contributed by atoms with E-state index in [0.29, 0.717) is 24.2 Å². The monoisotopic (exact) mass is 427 g/mol. The topological polar surface area (TPSA) is 99.3 Å². The van der Waals surface area contributed by atoms with Crippen LogP contribution in [0.25, 0.3) is 0 Å². The van der Waals surface area contributed by atoms with Crippen LogP contribution in [-0.4, -0.2) is 62.9 Å². The van der Waals surface area contributed by atoms with Gasteiger partial charge in [0.05, 0.1) is 6.04 Å². The van der Waals surface area contributed by atoms with Crippen LogP contribution in [0, 0.1) is 0 Å². The van der Waals surface area contributed by atoms with Crippen LogP contribution < -0.4 is 10.2 Å². The molecule has 1 saturated heterocycles. The molecule has 3 heterocycles. The number of ether oxygens (including phenoxy) is 1. The summed E-state index contributed by atoms with van der Waals surface area (Å²) in [5.74, 6) is 2.72. The minimum atomic E-state index is -0.503. The van der Waals surface area contributed by atoms with Crippen molar-refractivity contribution in [2.45, 2.75) is 70.4 Å². The van der Waals surface area contributed by atoms with Crippen molar-refractivity contribution < 1.29 is 9.53 Å². The highest BCUT2D eigenvalue weighted by molar-refractivity contribution is 5.68. The number of nitrogens with zero attached hydrogens (tertiary/aromatic N) is 5. The molecule has 4 rings (SSSR count). The van der Waals surface area contributed by atoms with Crippen molar-refractivity contribution in [1.29, 1.82) is 0 Å². The van der Waals surface area contributed by atoms with Crippen LogP contribution in [0.3, 0.4) is 0 Å². The highest BCUT2D eigenvalue weighted by Crippen LogP contribution is 2.34. The average molecular weight is 428 g/mol. The predicted octanol–water partition coefficient (Wildman–Crippen LogP) is 4.05. The summed E-state index contributed by atoms with van der Waals surface area (Å²) in [4.78, 5) is 25.3. The summed E-state index contributed by atoms with van der Waals surface area (Å²) in [7, 11) is 1.79. The number of carbonyl (C=O) groups is 1. The molecule has 0 unspecified atom stereocenters. The maximum Gasteiger partial charge on any atom is 0.410 e. The van der Waals surface area contributed by atoms with Gasteiger partial charge in [0.15, 0.2) is 5.82 Å². The Hall–Kier alpha value is -2.84. The van der Waals surface area contributed by atoms with Gasteiger partial charge >= 0.3 is 6.09 Å². The maximum atomic E-state index is 12.4. The number of rotatable bonds is 5. The van der Waals surface area contributed by atoms with E-state index >= 15 is 0 Å². The summed E-state index contributed by atoms with van der Waals surface area (Å²) in [6.07, 6.45) is 7.34. The van der Waals surface area contributed by atoms with Crippen molar-refractivity contribution >= 4 is 23.7 Å². The summed E-state index contributed by atoms with van der Waals surface area (Å²) in [6, 6.07) is 3.99. The van der Waals surface area contributed by atoms with E-state index in [2.05, 4.69) is 36.4 Å². The molecule has 2 aromatic rings. The lowest BCUT2D eigenvalue weighted by molar-refractivity contribution is 0.0238. The summed E-state index contributed by atoms with van der Waals surface area (Å²) < 4.78 is 5.49. The van der Waals surface area contributed by atoms with Gasteiger partial charge in [0.1, 0.15) is 11.4 Å². The van der Waals surface area contributed by atoms with Crippen LogP contribution in [0.5, 0.6) is 0 Å². The maximum absolute atomic E-state index is 12.4. The molecule has 1 saturated carbocycles. The molecule has 1 amide bonds. The highest BCUT2D eigenvalue weighted by Gasteiger charge is 2.32. The molecular formula is C22H33N7O2. The Kier molecular flexibility index (Phi) is 6.02. The van der Waals surface area contributed by atoms with Gasteiger partial charge in [0.2, 0.25) is 5.95 Å². The number of hydrogen-bond donors (Lipinski definition) is 2. The van der Waals surface area contributed by atoms with Crippen LogP contribution >= 0.6 is 0 Å². The van der Waals surface area contributed by atoms with Gasteiger partial charge in [-0.3, -0.25) is 5.10 Å². The number of aromatic nitrogens is 4. The van der Waals surface area contributed by atoms with E-state index in [1.54, 1.807) is 18.1 Å². The van der Waals surface area contributed by atoms with Gasteiger partial charge in [-0.1, -0.05) is 12.8 Å². The molecule has 1 aliphatic carbocycles. The van der Waals surface area contributed by atoms with Gasteiger partial charge in [-0.25, -0.2) is 9.78 Å². The molecule has 9 nitrogen and oxygen atoms in total. The van der Waals surface area contributed by atoms with Gasteiger partial charge in [-0.2, -0.15) is 10.1 Å². The third kappa shape index (κ3) is 5.26. The van der Waals surface area contributed by atoms with Crippen molar-refractivity contribution in [3.63, 3.8) is 0 Å². The lowest BCUT2D eigenvalue weighted by atomic mass is 10.0.